The molecule has 2 N–H and O–H groups in total. The van der Waals surface area contributed by atoms with Crippen molar-refractivity contribution in [1.82, 2.24) is 4.90 Å². The molecule has 1 saturated heterocycles. The first-order valence-corrected chi connectivity index (χ1v) is 6.22. The molecular formula is C13H21ClN2O2. The molecule has 2 heterocycles. The van der Waals surface area contributed by atoms with E-state index in [4.69, 9.17) is 10.2 Å². The van der Waals surface area contributed by atoms with Gasteiger partial charge in [-0.25, -0.2) is 0 Å². The van der Waals surface area contributed by atoms with Crippen LogP contribution in [0.4, 0.5) is 0 Å². The number of nitrogens with zero attached hydrogens (tertiary/aromatic N) is 1. The molecular weight excluding hydrogens is 252 g/mol. The van der Waals surface area contributed by atoms with Crippen LogP contribution in [-0.2, 0) is 4.79 Å². The van der Waals surface area contributed by atoms with E-state index in [9.17, 15) is 4.79 Å². The average Bonchev–Trinajstić information content (AvgIpc) is 2.74. The van der Waals surface area contributed by atoms with E-state index in [2.05, 4.69) is 0 Å². The van der Waals surface area contributed by atoms with Gasteiger partial charge in [0.1, 0.15) is 11.5 Å². The summed E-state index contributed by atoms with van der Waals surface area (Å²) in [5, 5.41) is 0. The lowest BCUT2D eigenvalue weighted by atomic mass is 9.99. The summed E-state index contributed by atoms with van der Waals surface area (Å²) >= 11 is 0. The number of amides is 1. The normalized spacial score (nSPS) is 21.3. The Bertz CT molecular complexity index is 403. The molecule has 0 radical (unpaired) electrons. The number of hydrogen-bond donors (Lipinski definition) is 1. The van der Waals surface area contributed by atoms with Gasteiger partial charge in [0.25, 0.3) is 0 Å². The summed E-state index contributed by atoms with van der Waals surface area (Å²) in [6, 6.07) is 3.54. The number of rotatable bonds is 2. The molecule has 1 amide bonds. The molecule has 0 aliphatic carbocycles. The molecule has 1 aromatic heterocycles. The fourth-order valence-corrected chi connectivity index (χ4v) is 2.39. The van der Waals surface area contributed by atoms with Crippen LogP contribution >= 0.6 is 12.4 Å². The van der Waals surface area contributed by atoms with Crippen LogP contribution < -0.4 is 5.73 Å². The minimum absolute atomic E-state index is 0. The van der Waals surface area contributed by atoms with E-state index in [-0.39, 0.29) is 24.4 Å². The van der Waals surface area contributed by atoms with Crippen molar-refractivity contribution in [3.8, 4) is 0 Å². The topological polar surface area (TPSA) is 59.5 Å². The highest BCUT2D eigenvalue weighted by atomic mass is 35.5. The van der Waals surface area contributed by atoms with Crippen LogP contribution in [0.1, 0.15) is 43.7 Å². The van der Waals surface area contributed by atoms with Crippen molar-refractivity contribution in [3.63, 3.8) is 0 Å². The Kier molecular flexibility index (Phi) is 5.23. The zero-order valence-corrected chi connectivity index (χ0v) is 11.7. The summed E-state index contributed by atoms with van der Waals surface area (Å²) in [4.78, 5) is 13.9. The lowest BCUT2D eigenvalue weighted by Gasteiger charge is -2.35. The SMILES string of the molecule is Cc1ccc(C2CCCCN2C(=O)C(C)N)o1.Cl. The van der Waals surface area contributed by atoms with Gasteiger partial charge >= 0.3 is 0 Å². The van der Waals surface area contributed by atoms with Crippen molar-refractivity contribution in [2.45, 2.75) is 45.2 Å². The molecule has 0 aromatic carbocycles. The first-order chi connectivity index (χ1) is 8.09. The number of hydrogen-bond acceptors (Lipinski definition) is 3. The molecule has 1 aromatic rings. The van der Waals surface area contributed by atoms with Gasteiger partial charge in [0.15, 0.2) is 0 Å². The number of nitrogens with two attached hydrogens (primary N) is 1. The van der Waals surface area contributed by atoms with Crippen LogP contribution in [0.3, 0.4) is 0 Å². The molecule has 1 aliphatic rings. The maximum absolute atomic E-state index is 12.0. The number of piperidine rings is 1. The lowest BCUT2D eigenvalue weighted by Crippen LogP contribution is -2.46. The second-order valence-electron chi connectivity index (χ2n) is 4.78. The Morgan fingerprint density at radius 2 is 2.22 bits per heavy atom. The second kappa shape index (κ2) is 6.25. The summed E-state index contributed by atoms with van der Waals surface area (Å²) in [6.07, 6.45) is 3.15. The van der Waals surface area contributed by atoms with Crippen molar-refractivity contribution >= 4 is 18.3 Å². The molecule has 102 valence electrons. The highest BCUT2D eigenvalue weighted by Crippen LogP contribution is 2.32. The molecule has 1 fully saturated rings. The predicted molar refractivity (Wildman–Crippen MR) is 72.6 cm³/mol. The first-order valence-electron chi connectivity index (χ1n) is 6.22. The maximum Gasteiger partial charge on any atom is 0.239 e. The van der Waals surface area contributed by atoms with Crippen molar-refractivity contribution < 1.29 is 9.21 Å². The van der Waals surface area contributed by atoms with E-state index in [1.807, 2.05) is 24.0 Å². The number of carbonyl (C=O) groups is 1. The fraction of sp³-hybridized carbons (Fsp3) is 0.615. The van der Waals surface area contributed by atoms with E-state index >= 15 is 0 Å². The summed E-state index contributed by atoms with van der Waals surface area (Å²) in [7, 11) is 0. The van der Waals surface area contributed by atoms with Crippen LogP contribution in [0, 0.1) is 6.92 Å². The quantitative estimate of drug-likeness (QED) is 0.899. The molecule has 18 heavy (non-hydrogen) atoms. The average molecular weight is 273 g/mol. The van der Waals surface area contributed by atoms with Gasteiger partial charge in [0, 0.05) is 6.54 Å². The van der Waals surface area contributed by atoms with Crippen molar-refractivity contribution in [2.75, 3.05) is 6.54 Å². The van der Waals surface area contributed by atoms with Crippen LogP contribution in [0.2, 0.25) is 0 Å². The molecule has 1 aliphatic heterocycles. The van der Waals surface area contributed by atoms with E-state index in [1.54, 1.807) is 6.92 Å². The van der Waals surface area contributed by atoms with Crippen LogP contribution in [-0.4, -0.2) is 23.4 Å². The highest BCUT2D eigenvalue weighted by Gasteiger charge is 2.31. The Balaban J connectivity index is 0.00000162. The molecule has 2 rings (SSSR count). The first kappa shape index (κ1) is 15.1. The molecule has 2 unspecified atom stereocenters. The number of carbonyl (C=O) groups excluding carboxylic acids is 1. The molecule has 0 saturated carbocycles. The third-order valence-electron chi connectivity index (χ3n) is 3.26. The van der Waals surface area contributed by atoms with Crippen LogP contribution in [0.5, 0.6) is 0 Å². The number of halogens is 1. The Labute approximate surface area is 114 Å². The van der Waals surface area contributed by atoms with E-state index in [1.165, 1.54) is 0 Å². The standard InChI is InChI=1S/C13H20N2O2.ClH/c1-9-6-7-12(17-9)11-5-3-4-8-15(11)13(16)10(2)14;/h6-7,10-11H,3-5,8,14H2,1-2H3;1H. The highest BCUT2D eigenvalue weighted by molar-refractivity contribution is 5.85. The second-order valence-corrected chi connectivity index (χ2v) is 4.78. The molecule has 0 spiro atoms. The van der Waals surface area contributed by atoms with Gasteiger partial charge in [-0.2, -0.15) is 0 Å². The van der Waals surface area contributed by atoms with E-state index in [0.717, 1.165) is 37.3 Å². The Morgan fingerprint density at radius 3 is 2.78 bits per heavy atom. The molecule has 4 nitrogen and oxygen atoms in total. The van der Waals surface area contributed by atoms with Crippen molar-refractivity contribution in [3.05, 3.63) is 23.7 Å². The van der Waals surface area contributed by atoms with Gasteiger partial charge < -0.3 is 15.1 Å². The largest absolute Gasteiger partial charge is 0.464 e. The maximum atomic E-state index is 12.0. The van der Waals surface area contributed by atoms with Crippen LogP contribution in [0.15, 0.2) is 16.5 Å². The predicted octanol–water partition coefficient (Wildman–Crippen LogP) is 2.41. The minimum atomic E-state index is -0.438. The van der Waals surface area contributed by atoms with Gasteiger partial charge in [-0.1, -0.05) is 0 Å². The molecule has 5 heteroatoms. The van der Waals surface area contributed by atoms with Gasteiger partial charge in [0.2, 0.25) is 5.91 Å². The summed E-state index contributed by atoms with van der Waals surface area (Å²) in [6.45, 7) is 4.44. The smallest absolute Gasteiger partial charge is 0.239 e. The van der Waals surface area contributed by atoms with E-state index < -0.39 is 6.04 Å². The van der Waals surface area contributed by atoms with Gasteiger partial charge in [-0.05, 0) is 45.2 Å². The van der Waals surface area contributed by atoms with Gasteiger partial charge in [0.05, 0.1) is 12.1 Å². The Morgan fingerprint density at radius 1 is 1.50 bits per heavy atom. The number of likely N-dealkylation sites (tertiary alicyclic amines) is 1. The zero-order valence-electron chi connectivity index (χ0n) is 10.9. The van der Waals surface area contributed by atoms with Crippen molar-refractivity contribution in [2.24, 2.45) is 5.73 Å². The number of aryl methyl sites for hydroxylation is 1. The van der Waals surface area contributed by atoms with Gasteiger partial charge in [-0.3, -0.25) is 4.79 Å². The third kappa shape index (κ3) is 3.06. The number of furan rings is 1. The monoisotopic (exact) mass is 272 g/mol. The lowest BCUT2D eigenvalue weighted by molar-refractivity contribution is -0.136. The van der Waals surface area contributed by atoms with Crippen LogP contribution in [0.25, 0.3) is 0 Å². The molecule has 2 atom stereocenters. The summed E-state index contributed by atoms with van der Waals surface area (Å²) < 4.78 is 5.65. The van der Waals surface area contributed by atoms with E-state index in [0.29, 0.717) is 0 Å². The minimum Gasteiger partial charge on any atom is -0.464 e. The van der Waals surface area contributed by atoms with Crippen molar-refractivity contribution in [1.29, 1.82) is 0 Å². The summed E-state index contributed by atoms with van der Waals surface area (Å²) in [5.74, 6) is 1.79. The third-order valence-corrected chi connectivity index (χ3v) is 3.26. The fourth-order valence-electron chi connectivity index (χ4n) is 2.39. The summed E-state index contributed by atoms with van der Waals surface area (Å²) in [5.41, 5.74) is 5.69. The zero-order chi connectivity index (χ0) is 12.4. The molecule has 0 bridgehead atoms. The van der Waals surface area contributed by atoms with Gasteiger partial charge in [-0.15, -0.1) is 12.4 Å². The Hall–Kier alpha value is -1.00.